The number of hydrogen-bond acceptors (Lipinski definition) is 4. The Morgan fingerprint density at radius 3 is 2.60 bits per heavy atom. The fourth-order valence-corrected chi connectivity index (χ4v) is 4.85. The molecule has 0 saturated carbocycles. The summed E-state index contributed by atoms with van der Waals surface area (Å²) >= 11 is 1.59. The molecule has 6 heteroatoms. The Labute approximate surface area is 207 Å². The van der Waals surface area contributed by atoms with Gasteiger partial charge in [0.15, 0.2) is 0 Å². The van der Waals surface area contributed by atoms with E-state index in [1.807, 2.05) is 23.8 Å². The van der Waals surface area contributed by atoms with E-state index < -0.39 is 5.97 Å². The summed E-state index contributed by atoms with van der Waals surface area (Å²) in [6.45, 7) is 2.17. The Morgan fingerprint density at radius 2 is 1.86 bits per heavy atom. The van der Waals surface area contributed by atoms with Gasteiger partial charge in [0, 0.05) is 22.4 Å². The van der Waals surface area contributed by atoms with Crippen molar-refractivity contribution in [2.24, 2.45) is 0 Å². The molecule has 0 bridgehead atoms. The maximum atomic E-state index is 10.9. The Morgan fingerprint density at radius 1 is 1.03 bits per heavy atom. The predicted molar refractivity (Wildman–Crippen MR) is 143 cm³/mol. The maximum Gasteiger partial charge on any atom is 0.328 e. The lowest BCUT2D eigenvalue weighted by Crippen LogP contribution is -1.96. The van der Waals surface area contributed by atoms with Gasteiger partial charge in [0.2, 0.25) is 0 Å². The van der Waals surface area contributed by atoms with Gasteiger partial charge in [-0.05, 0) is 64.1 Å². The van der Waals surface area contributed by atoms with Crippen LogP contribution in [0.15, 0.2) is 89.9 Å². The summed E-state index contributed by atoms with van der Waals surface area (Å²) in [6, 6.07) is 22.9. The zero-order valence-electron chi connectivity index (χ0n) is 19.1. The van der Waals surface area contributed by atoms with E-state index >= 15 is 0 Å². The number of nitrogens with zero attached hydrogens (tertiary/aromatic N) is 2. The van der Waals surface area contributed by atoms with Crippen molar-refractivity contribution in [1.82, 2.24) is 15.2 Å². The largest absolute Gasteiger partial charge is 0.478 e. The lowest BCUT2D eigenvalue weighted by molar-refractivity contribution is -0.131. The second kappa shape index (κ2) is 9.91. The number of aromatic amines is 1. The number of hydrogen-bond donors (Lipinski definition) is 2. The van der Waals surface area contributed by atoms with Crippen LogP contribution in [0.5, 0.6) is 0 Å². The van der Waals surface area contributed by atoms with Gasteiger partial charge in [-0.25, -0.2) is 9.78 Å². The highest BCUT2D eigenvalue weighted by molar-refractivity contribution is 7.07. The van der Waals surface area contributed by atoms with Crippen LogP contribution in [0.4, 0.5) is 0 Å². The Hall–Kier alpha value is -4.29. The zero-order valence-corrected chi connectivity index (χ0v) is 19.9. The molecule has 2 heterocycles. The van der Waals surface area contributed by atoms with Crippen molar-refractivity contribution in [1.29, 1.82) is 0 Å². The van der Waals surface area contributed by atoms with Crippen molar-refractivity contribution < 1.29 is 9.90 Å². The SMILES string of the molecule is CC/C(=C(/c1ccc(/C=C/C(=O)O)cc1)c1ccc2[nH]ncc2c1)c1cccc(-c2cscn2)c1. The molecule has 5 aromatic rings. The number of thiazole rings is 1. The van der Waals surface area contributed by atoms with Crippen LogP contribution in [-0.2, 0) is 4.79 Å². The summed E-state index contributed by atoms with van der Waals surface area (Å²) in [4.78, 5) is 15.4. The molecule has 0 amide bonds. The second-order valence-corrected chi connectivity index (χ2v) is 8.85. The third kappa shape index (κ3) is 4.83. The van der Waals surface area contributed by atoms with E-state index in [2.05, 4.69) is 82.1 Å². The summed E-state index contributed by atoms with van der Waals surface area (Å²) in [6.07, 6.45) is 5.43. The zero-order chi connectivity index (χ0) is 24.2. The third-order valence-electron chi connectivity index (χ3n) is 5.94. The van der Waals surface area contributed by atoms with Gasteiger partial charge in [0.1, 0.15) is 0 Å². The Kier molecular flexibility index (Phi) is 6.37. The molecule has 0 unspecified atom stereocenters. The Bertz CT molecular complexity index is 1540. The van der Waals surface area contributed by atoms with Gasteiger partial charge in [-0.15, -0.1) is 11.3 Å². The van der Waals surface area contributed by atoms with Gasteiger partial charge < -0.3 is 5.11 Å². The van der Waals surface area contributed by atoms with E-state index in [0.29, 0.717) is 0 Å². The molecule has 35 heavy (non-hydrogen) atoms. The average Bonchev–Trinajstić information content (AvgIpc) is 3.58. The van der Waals surface area contributed by atoms with Gasteiger partial charge in [0.25, 0.3) is 0 Å². The minimum atomic E-state index is -0.962. The summed E-state index contributed by atoms with van der Waals surface area (Å²) in [5, 5.41) is 19.3. The molecule has 3 aromatic carbocycles. The predicted octanol–water partition coefficient (Wildman–Crippen LogP) is 7.15. The topological polar surface area (TPSA) is 78.9 Å². The van der Waals surface area contributed by atoms with E-state index in [1.165, 1.54) is 5.57 Å². The molecular weight excluding hydrogens is 454 g/mol. The number of H-pyrrole nitrogens is 1. The van der Waals surface area contributed by atoms with Crippen LogP contribution in [0.25, 0.3) is 39.4 Å². The summed E-state index contributed by atoms with van der Waals surface area (Å²) < 4.78 is 0. The Balaban J connectivity index is 1.69. The fraction of sp³-hybridized carbons (Fsp3) is 0.0690. The van der Waals surface area contributed by atoms with Crippen LogP contribution in [0, 0.1) is 0 Å². The van der Waals surface area contributed by atoms with Crippen LogP contribution in [-0.4, -0.2) is 26.3 Å². The molecule has 2 aromatic heterocycles. The standard InChI is InChI=1S/C29H23N3O2S/c1-2-25(21-4-3-5-22(14-21)27-17-35-18-30-27)29(23-11-12-26-24(15-23)16-31-32-26)20-9-6-19(7-10-20)8-13-28(33)34/h3-18H,2H2,1H3,(H,31,32)(H,33,34)/b13-8+,29-25+. The lowest BCUT2D eigenvalue weighted by atomic mass is 9.87. The number of carboxylic acid groups (broad SMARTS) is 1. The molecule has 0 aliphatic rings. The minimum absolute atomic E-state index is 0.833. The lowest BCUT2D eigenvalue weighted by Gasteiger charge is -2.17. The first-order chi connectivity index (χ1) is 17.1. The second-order valence-electron chi connectivity index (χ2n) is 8.13. The first kappa shape index (κ1) is 22.5. The van der Waals surface area contributed by atoms with E-state index in [1.54, 1.807) is 17.4 Å². The van der Waals surface area contributed by atoms with Gasteiger partial charge in [0.05, 0.1) is 22.9 Å². The van der Waals surface area contributed by atoms with E-state index in [4.69, 9.17) is 5.11 Å². The molecule has 172 valence electrons. The molecule has 0 fully saturated rings. The molecule has 0 aliphatic carbocycles. The number of fused-ring (bicyclic) bond motifs is 1. The first-order valence-electron chi connectivity index (χ1n) is 11.3. The van der Waals surface area contributed by atoms with Crippen LogP contribution in [0.2, 0.25) is 0 Å². The monoisotopic (exact) mass is 477 g/mol. The number of aliphatic carboxylic acids is 1. The molecule has 5 nitrogen and oxygen atoms in total. The number of carboxylic acids is 1. The van der Waals surface area contributed by atoms with Gasteiger partial charge >= 0.3 is 5.97 Å². The maximum absolute atomic E-state index is 10.9. The van der Waals surface area contributed by atoms with Crippen molar-refractivity contribution in [2.45, 2.75) is 13.3 Å². The number of aromatic nitrogens is 3. The van der Waals surface area contributed by atoms with Gasteiger partial charge in [-0.2, -0.15) is 5.10 Å². The van der Waals surface area contributed by atoms with Crippen molar-refractivity contribution in [3.63, 3.8) is 0 Å². The van der Waals surface area contributed by atoms with Crippen molar-refractivity contribution >= 4 is 45.4 Å². The molecule has 0 spiro atoms. The smallest absolute Gasteiger partial charge is 0.328 e. The first-order valence-corrected chi connectivity index (χ1v) is 12.2. The van der Waals surface area contributed by atoms with Crippen molar-refractivity contribution in [3.8, 4) is 11.3 Å². The summed E-state index contributed by atoms with van der Waals surface area (Å²) in [5.74, 6) is -0.962. The quantitative estimate of drug-likeness (QED) is 0.193. The minimum Gasteiger partial charge on any atom is -0.478 e. The molecule has 0 atom stereocenters. The highest BCUT2D eigenvalue weighted by Crippen LogP contribution is 2.36. The van der Waals surface area contributed by atoms with Gasteiger partial charge in [-0.1, -0.05) is 55.5 Å². The number of nitrogens with one attached hydrogen (secondary N) is 1. The molecular formula is C29H23N3O2S. The highest BCUT2D eigenvalue weighted by atomic mass is 32.1. The third-order valence-corrected chi connectivity index (χ3v) is 6.53. The fourth-order valence-electron chi connectivity index (χ4n) is 4.29. The van der Waals surface area contributed by atoms with Crippen LogP contribution in [0.3, 0.4) is 0 Å². The van der Waals surface area contributed by atoms with E-state index in [0.717, 1.165) is 62.5 Å². The van der Waals surface area contributed by atoms with E-state index in [9.17, 15) is 4.79 Å². The number of rotatable bonds is 7. The van der Waals surface area contributed by atoms with Gasteiger partial charge in [-0.3, -0.25) is 5.10 Å². The molecule has 2 N–H and O–H groups in total. The number of allylic oxidation sites excluding steroid dienone is 1. The highest BCUT2D eigenvalue weighted by Gasteiger charge is 2.15. The van der Waals surface area contributed by atoms with E-state index in [-0.39, 0.29) is 0 Å². The van der Waals surface area contributed by atoms with Crippen LogP contribution >= 0.6 is 11.3 Å². The van der Waals surface area contributed by atoms with Crippen LogP contribution < -0.4 is 0 Å². The molecule has 0 saturated heterocycles. The van der Waals surface area contributed by atoms with Crippen LogP contribution in [0.1, 0.15) is 35.6 Å². The number of benzene rings is 3. The average molecular weight is 478 g/mol. The molecule has 0 aliphatic heterocycles. The summed E-state index contributed by atoms with van der Waals surface area (Å²) in [5.41, 5.74) is 11.4. The molecule has 5 rings (SSSR count). The van der Waals surface area contributed by atoms with Crippen molar-refractivity contribution in [2.75, 3.05) is 0 Å². The summed E-state index contributed by atoms with van der Waals surface area (Å²) in [7, 11) is 0. The van der Waals surface area contributed by atoms with Crippen molar-refractivity contribution in [3.05, 3.63) is 112 Å². The normalized spacial score (nSPS) is 12.3. The number of carbonyl (C=O) groups is 1. The molecule has 0 radical (unpaired) electrons.